The topological polar surface area (TPSA) is 50.3 Å². The Morgan fingerprint density at radius 2 is 1.96 bits per heavy atom. The van der Waals surface area contributed by atoms with Crippen molar-refractivity contribution in [1.29, 1.82) is 0 Å². The third-order valence-corrected chi connectivity index (χ3v) is 7.18. The van der Waals surface area contributed by atoms with Crippen molar-refractivity contribution in [1.82, 2.24) is 9.88 Å². The Morgan fingerprint density at radius 1 is 1.11 bits per heavy atom. The second-order valence-corrected chi connectivity index (χ2v) is 9.30. The van der Waals surface area contributed by atoms with Crippen LogP contribution in [0.3, 0.4) is 0 Å². The van der Waals surface area contributed by atoms with Crippen LogP contribution in [0.15, 0.2) is 36.4 Å². The molecule has 0 bridgehead atoms. The standard InChI is InChI=1S/C21H22N2O2S2/c1-14-9-11-19(26-14)17(24)10-12-20(25)23-13-5-4-7-16(23)21-22-15-6-2-3-8-18(15)27-21/h2-3,6,8-9,11,16H,4-5,7,10,12-13H2,1H3/t16-/m1/s1. The van der Waals surface area contributed by atoms with Crippen LogP contribution in [-0.4, -0.2) is 28.1 Å². The third kappa shape index (κ3) is 3.96. The van der Waals surface area contributed by atoms with Crippen LogP contribution in [0.1, 0.15) is 57.7 Å². The van der Waals surface area contributed by atoms with E-state index in [1.54, 1.807) is 11.3 Å². The Bertz CT molecular complexity index is 942. The van der Waals surface area contributed by atoms with Crippen molar-refractivity contribution in [2.45, 2.75) is 45.1 Å². The highest BCUT2D eigenvalue weighted by molar-refractivity contribution is 7.18. The number of hydrogen-bond acceptors (Lipinski definition) is 5. The number of para-hydroxylation sites is 1. The summed E-state index contributed by atoms with van der Waals surface area (Å²) in [6.45, 7) is 2.74. The van der Waals surface area contributed by atoms with Crippen molar-refractivity contribution in [2.75, 3.05) is 6.54 Å². The van der Waals surface area contributed by atoms with E-state index in [0.717, 1.165) is 50.8 Å². The molecule has 27 heavy (non-hydrogen) atoms. The molecule has 140 valence electrons. The Morgan fingerprint density at radius 3 is 2.74 bits per heavy atom. The van der Waals surface area contributed by atoms with Gasteiger partial charge in [-0.2, -0.15) is 0 Å². The van der Waals surface area contributed by atoms with Crippen LogP contribution in [0.4, 0.5) is 0 Å². The maximum Gasteiger partial charge on any atom is 0.223 e. The Labute approximate surface area is 166 Å². The molecule has 2 aromatic heterocycles. The van der Waals surface area contributed by atoms with Crippen molar-refractivity contribution in [3.05, 3.63) is 51.2 Å². The van der Waals surface area contributed by atoms with Crippen LogP contribution in [0, 0.1) is 6.92 Å². The van der Waals surface area contributed by atoms with Crippen LogP contribution < -0.4 is 0 Å². The fourth-order valence-corrected chi connectivity index (χ4v) is 5.54. The monoisotopic (exact) mass is 398 g/mol. The number of Topliss-reactive ketones (excluding diaryl/α,β-unsaturated/α-hetero) is 1. The van der Waals surface area contributed by atoms with E-state index in [1.807, 2.05) is 42.2 Å². The minimum Gasteiger partial charge on any atom is -0.333 e. The quantitative estimate of drug-likeness (QED) is 0.542. The zero-order valence-corrected chi connectivity index (χ0v) is 16.9. The summed E-state index contributed by atoms with van der Waals surface area (Å²) < 4.78 is 1.16. The first-order valence-electron chi connectivity index (χ1n) is 9.36. The van der Waals surface area contributed by atoms with E-state index >= 15 is 0 Å². The van der Waals surface area contributed by atoms with Gasteiger partial charge >= 0.3 is 0 Å². The normalized spacial score (nSPS) is 17.4. The summed E-state index contributed by atoms with van der Waals surface area (Å²) >= 11 is 3.18. The average Bonchev–Trinajstić information content (AvgIpc) is 3.32. The third-order valence-electron chi connectivity index (χ3n) is 5.00. The van der Waals surface area contributed by atoms with Crippen LogP contribution in [0.2, 0.25) is 0 Å². The molecule has 0 spiro atoms. The number of aromatic nitrogens is 1. The van der Waals surface area contributed by atoms with Crippen molar-refractivity contribution >= 4 is 44.6 Å². The number of nitrogens with zero attached hydrogens (tertiary/aromatic N) is 2. The Balaban J connectivity index is 1.46. The second kappa shape index (κ2) is 7.90. The van der Waals surface area contributed by atoms with Gasteiger partial charge in [-0.25, -0.2) is 4.98 Å². The van der Waals surface area contributed by atoms with E-state index in [9.17, 15) is 9.59 Å². The molecule has 4 nitrogen and oxygen atoms in total. The summed E-state index contributed by atoms with van der Waals surface area (Å²) in [5, 5.41) is 1.02. The van der Waals surface area contributed by atoms with Crippen LogP contribution in [0.25, 0.3) is 10.2 Å². The highest BCUT2D eigenvalue weighted by Crippen LogP contribution is 2.36. The number of likely N-dealkylation sites (tertiary alicyclic amines) is 1. The van der Waals surface area contributed by atoms with Gasteiger partial charge in [0.15, 0.2) is 5.78 Å². The largest absolute Gasteiger partial charge is 0.333 e. The van der Waals surface area contributed by atoms with Gasteiger partial charge in [-0.15, -0.1) is 22.7 Å². The number of ketones is 1. The minimum absolute atomic E-state index is 0.0442. The number of benzene rings is 1. The molecule has 6 heteroatoms. The molecule has 3 heterocycles. The molecule has 0 saturated carbocycles. The van der Waals surface area contributed by atoms with Gasteiger partial charge < -0.3 is 4.90 Å². The SMILES string of the molecule is Cc1ccc(C(=O)CCC(=O)N2CCCC[C@@H]2c2nc3ccccc3s2)s1. The van der Waals surface area contributed by atoms with E-state index in [2.05, 4.69) is 6.07 Å². The van der Waals surface area contributed by atoms with Gasteiger partial charge in [-0.05, 0) is 50.5 Å². The maximum atomic E-state index is 12.9. The van der Waals surface area contributed by atoms with Crippen molar-refractivity contribution < 1.29 is 9.59 Å². The van der Waals surface area contributed by atoms with Crippen LogP contribution in [-0.2, 0) is 4.79 Å². The molecule has 3 aromatic rings. The van der Waals surface area contributed by atoms with Gasteiger partial charge in [0.2, 0.25) is 5.91 Å². The number of piperidine rings is 1. The summed E-state index contributed by atoms with van der Waals surface area (Å²) in [6, 6.07) is 12.0. The molecule has 1 fully saturated rings. The predicted octanol–water partition coefficient (Wildman–Crippen LogP) is 5.38. The van der Waals surface area contributed by atoms with Gasteiger partial charge in [0.05, 0.1) is 21.1 Å². The first-order valence-corrected chi connectivity index (χ1v) is 11.0. The van der Waals surface area contributed by atoms with Gasteiger partial charge in [-0.3, -0.25) is 9.59 Å². The molecular formula is C21H22N2O2S2. The number of carbonyl (C=O) groups excluding carboxylic acids is 2. The summed E-state index contributed by atoms with van der Waals surface area (Å²) in [5.74, 6) is 0.135. The number of amides is 1. The fourth-order valence-electron chi connectivity index (χ4n) is 3.59. The molecule has 1 aliphatic rings. The number of fused-ring (bicyclic) bond motifs is 1. The molecule has 0 radical (unpaired) electrons. The van der Waals surface area contributed by atoms with Gasteiger partial charge in [0.25, 0.3) is 0 Å². The summed E-state index contributed by atoms with van der Waals surface area (Å²) in [5.41, 5.74) is 0.999. The van der Waals surface area contributed by atoms with E-state index in [0.29, 0.717) is 0 Å². The van der Waals surface area contributed by atoms with E-state index in [4.69, 9.17) is 4.98 Å². The van der Waals surface area contributed by atoms with Crippen molar-refractivity contribution in [2.24, 2.45) is 0 Å². The van der Waals surface area contributed by atoms with Gasteiger partial charge in [-0.1, -0.05) is 12.1 Å². The van der Waals surface area contributed by atoms with E-state index in [1.165, 1.54) is 11.3 Å². The number of carbonyl (C=O) groups is 2. The Kier molecular flexibility index (Phi) is 5.36. The molecule has 1 aliphatic heterocycles. The van der Waals surface area contributed by atoms with Crippen LogP contribution >= 0.6 is 22.7 Å². The lowest BCUT2D eigenvalue weighted by Gasteiger charge is -2.34. The minimum atomic E-state index is 0.0442. The van der Waals surface area contributed by atoms with Gasteiger partial charge in [0.1, 0.15) is 5.01 Å². The fraction of sp³-hybridized carbons (Fsp3) is 0.381. The highest BCUT2D eigenvalue weighted by Gasteiger charge is 2.30. The molecule has 1 aromatic carbocycles. The van der Waals surface area contributed by atoms with E-state index in [-0.39, 0.29) is 30.6 Å². The molecule has 1 saturated heterocycles. The number of aryl methyl sites for hydroxylation is 1. The number of thiophene rings is 1. The lowest BCUT2D eigenvalue weighted by Crippen LogP contribution is -2.38. The predicted molar refractivity (Wildman–Crippen MR) is 111 cm³/mol. The molecule has 0 aliphatic carbocycles. The lowest BCUT2D eigenvalue weighted by atomic mass is 10.0. The van der Waals surface area contributed by atoms with Gasteiger partial charge in [0, 0.05) is 24.3 Å². The summed E-state index contributed by atoms with van der Waals surface area (Å²) in [6.07, 6.45) is 3.63. The Hall–Kier alpha value is -2.05. The smallest absolute Gasteiger partial charge is 0.223 e. The number of hydrogen-bond donors (Lipinski definition) is 0. The molecule has 1 atom stereocenters. The first-order chi connectivity index (χ1) is 13.1. The zero-order valence-electron chi connectivity index (χ0n) is 15.3. The number of rotatable bonds is 5. The highest BCUT2D eigenvalue weighted by atomic mass is 32.1. The first kappa shape index (κ1) is 18.3. The van der Waals surface area contributed by atoms with Crippen molar-refractivity contribution in [3.8, 4) is 0 Å². The average molecular weight is 399 g/mol. The summed E-state index contributed by atoms with van der Waals surface area (Å²) in [7, 11) is 0. The summed E-state index contributed by atoms with van der Waals surface area (Å²) in [4.78, 5) is 33.8. The molecule has 0 unspecified atom stereocenters. The molecule has 0 N–H and O–H groups in total. The lowest BCUT2D eigenvalue weighted by molar-refractivity contribution is -0.135. The second-order valence-electron chi connectivity index (χ2n) is 6.95. The zero-order chi connectivity index (χ0) is 18.8. The molecule has 4 rings (SSSR count). The van der Waals surface area contributed by atoms with Crippen LogP contribution in [0.5, 0.6) is 0 Å². The van der Waals surface area contributed by atoms with Crippen molar-refractivity contribution in [3.63, 3.8) is 0 Å². The maximum absolute atomic E-state index is 12.9. The van der Waals surface area contributed by atoms with E-state index < -0.39 is 0 Å². The molecular weight excluding hydrogens is 376 g/mol. The number of thiazole rings is 1. The molecule has 1 amide bonds.